The maximum Gasteiger partial charge on any atom is 0.270 e. The Morgan fingerprint density at radius 2 is 2.04 bits per heavy atom. The Labute approximate surface area is 157 Å². The molecule has 3 rings (SSSR count). The zero-order chi connectivity index (χ0) is 19.2. The van der Waals surface area contributed by atoms with Crippen LogP contribution in [-0.4, -0.2) is 36.7 Å². The van der Waals surface area contributed by atoms with Gasteiger partial charge in [0.2, 0.25) is 0 Å². The first-order chi connectivity index (χ1) is 13.1. The van der Waals surface area contributed by atoms with Crippen LogP contribution in [0.2, 0.25) is 0 Å². The second kappa shape index (κ2) is 8.44. The van der Waals surface area contributed by atoms with Crippen LogP contribution in [0.3, 0.4) is 0 Å². The Hall–Kier alpha value is -3.22. The lowest BCUT2D eigenvalue weighted by molar-refractivity contribution is -0.384. The van der Waals surface area contributed by atoms with Crippen LogP contribution in [0.15, 0.2) is 47.5 Å². The van der Waals surface area contributed by atoms with Gasteiger partial charge in [0, 0.05) is 36.0 Å². The van der Waals surface area contributed by atoms with Crippen LogP contribution in [0.25, 0.3) is 0 Å². The first kappa shape index (κ1) is 18.6. The van der Waals surface area contributed by atoms with Crippen LogP contribution in [-0.2, 0) is 0 Å². The normalized spacial score (nSPS) is 13.0. The van der Waals surface area contributed by atoms with E-state index in [0.29, 0.717) is 36.5 Å². The summed E-state index contributed by atoms with van der Waals surface area (Å²) in [5.41, 5.74) is 1.69. The Morgan fingerprint density at radius 1 is 1.26 bits per heavy atom. The first-order valence-electron chi connectivity index (χ1n) is 8.93. The molecule has 0 aliphatic carbocycles. The maximum absolute atomic E-state index is 13.0. The first-order valence-corrected chi connectivity index (χ1v) is 8.93. The number of unbranched alkanes of at least 4 members (excludes halogenated alkanes) is 1. The molecule has 0 unspecified atom stereocenters. The summed E-state index contributed by atoms with van der Waals surface area (Å²) in [6, 6.07) is 11.5. The highest BCUT2D eigenvalue weighted by Gasteiger charge is 2.23. The number of non-ortho nitro benzene ring substituents is 1. The number of anilines is 1. The Balaban J connectivity index is 1.82. The van der Waals surface area contributed by atoms with Crippen molar-refractivity contribution in [2.45, 2.75) is 19.8 Å². The fourth-order valence-corrected chi connectivity index (χ4v) is 2.84. The number of nitrogens with zero attached hydrogens (tertiary/aromatic N) is 3. The van der Waals surface area contributed by atoms with Gasteiger partial charge in [-0.05, 0) is 36.8 Å². The molecule has 0 N–H and O–H groups in total. The van der Waals surface area contributed by atoms with Crippen molar-refractivity contribution < 1.29 is 14.5 Å². The molecule has 7 heteroatoms. The van der Waals surface area contributed by atoms with E-state index in [1.807, 2.05) is 0 Å². The summed E-state index contributed by atoms with van der Waals surface area (Å²) >= 11 is 0. The molecule has 0 fully saturated rings. The summed E-state index contributed by atoms with van der Waals surface area (Å²) in [5, 5.41) is 11.0. The van der Waals surface area contributed by atoms with Crippen molar-refractivity contribution in [1.29, 1.82) is 0 Å². The van der Waals surface area contributed by atoms with Gasteiger partial charge in [0.1, 0.15) is 5.75 Å². The van der Waals surface area contributed by atoms with Crippen molar-refractivity contribution in [3.8, 4) is 5.75 Å². The highest BCUT2D eigenvalue weighted by atomic mass is 16.6. The summed E-state index contributed by atoms with van der Waals surface area (Å²) in [6.45, 7) is 3.60. The summed E-state index contributed by atoms with van der Waals surface area (Å²) in [4.78, 5) is 29.4. The lowest BCUT2D eigenvalue weighted by Crippen LogP contribution is -2.33. The zero-order valence-corrected chi connectivity index (χ0v) is 15.1. The largest absolute Gasteiger partial charge is 0.494 e. The molecule has 2 aromatic rings. The summed E-state index contributed by atoms with van der Waals surface area (Å²) in [5.74, 6) is 0.561. The van der Waals surface area contributed by atoms with Crippen LogP contribution in [0.1, 0.15) is 35.7 Å². The van der Waals surface area contributed by atoms with E-state index in [-0.39, 0.29) is 11.6 Å². The number of nitro groups is 1. The van der Waals surface area contributed by atoms with E-state index in [4.69, 9.17) is 4.74 Å². The number of fused-ring (bicyclic) bond motifs is 1. The smallest absolute Gasteiger partial charge is 0.270 e. The van der Waals surface area contributed by atoms with E-state index >= 15 is 0 Å². The van der Waals surface area contributed by atoms with Gasteiger partial charge in [-0.15, -0.1) is 0 Å². The van der Waals surface area contributed by atoms with Gasteiger partial charge in [0.05, 0.1) is 23.8 Å². The van der Waals surface area contributed by atoms with Crippen LogP contribution < -0.4 is 9.64 Å². The molecule has 1 heterocycles. The molecule has 0 saturated carbocycles. The molecule has 2 aromatic carbocycles. The van der Waals surface area contributed by atoms with E-state index in [1.54, 1.807) is 41.4 Å². The zero-order valence-electron chi connectivity index (χ0n) is 15.1. The quantitative estimate of drug-likeness (QED) is 0.441. The third kappa shape index (κ3) is 4.31. The minimum absolute atomic E-state index is 0.0249. The SMILES string of the molecule is CCCCOc1ccc(C(=O)N2CCN=Cc3cc([N+](=O)[O-])ccc32)cc1. The van der Waals surface area contributed by atoms with E-state index in [9.17, 15) is 14.9 Å². The number of carbonyl (C=O) groups excluding carboxylic acids is 1. The predicted octanol–water partition coefficient (Wildman–Crippen LogP) is 3.85. The lowest BCUT2D eigenvalue weighted by atomic mass is 10.1. The minimum atomic E-state index is -0.456. The number of benzene rings is 2. The van der Waals surface area contributed by atoms with Gasteiger partial charge in [-0.3, -0.25) is 19.9 Å². The molecule has 0 bridgehead atoms. The van der Waals surface area contributed by atoms with Gasteiger partial charge < -0.3 is 9.64 Å². The Kier molecular flexibility index (Phi) is 5.80. The second-order valence-electron chi connectivity index (χ2n) is 6.22. The van der Waals surface area contributed by atoms with Crippen molar-refractivity contribution in [2.75, 3.05) is 24.6 Å². The van der Waals surface area contributed by atoms with Crippen molar-refractivity contribution in [3.63, 3.8) is 0 Å². The van der Waals surface area contributed by atoms with Gasteiger partial charge in [0.15, 0.2) is 0 Å². The molecular formula is C20H21N3O4. The Morgan fingerprint density at radius 3 is 2.74 bits per heavy atom. The third-order valence-corrected chi connectivity index (χ3v) is 4.31. The van der Waals surface area contributed by atoms with Crippen LogP contribution in [0.5, 0.6) is 5.75 Å². The third-order valence-electron chi connectivity index (χ3n) is 4.31. The highest BCUT2D eigenvalue weighted by molar-refractivity contribution is 6.09. The fourth-order valence-electron chi connectivity index (χ4n) is 2.84. The molecule has 0 atom stereocenters. The van der Waals surface area contributed by atoms with Crippen molar-refractivity contribution >= 4 is 23.5 Å². The minimum Gasteiger partial charge on any atom is -0.494 e. The molecule has 140 valence electrons. The molecule has 1 aliphatic rings. The number of aliphatic imine (C=N–C) groups is 1. The van der Waals surface area contributed by atoms with Gasteiger partial charge in [-0.2, -0.15) is 0 Å². The molecule has 0 saturated heterocycles. The summed E-state index contributed by atoms with van der Waals surface area (Å²) < 4.78 is 5.63. The van der Waals surface area contributed by atoms with Crippen LogP contribution in [0.4, 0.5) is 11.4 Å². The average Bonchev–Trinajstić information content (AvgIpc) is 2.90. The summed E-state index contributed by atoms with van der Waals surface area (Å²) in [6.07, 6.45) is 3.63. The van der Waals surface area contributed by atoms with Gasteiger partial charge in [0.25, 0.3) is 11.6 Å². The number of hydrogen-bond acceptors (Lipinski definition) is 5. The van der Waals surface area contributed by atoms with E-state index in [1.165, 1.54) is 12.1 Å². The lowest BCUT2D eigenvalue weighted by Gasteiger charge is -2.22. The predicted molar refractivity (Wildman–Crippen MR) is 104 cm³/mol. The molecule has 1 aliphatic heterocycles. The Bertz CT molecular complexity index is 862. The molecule has 0 aromatic heterocycles. The number of amides is 1. The fraction of sp³-hybridized carbons (Fsp3) is 0.300. The second-order valence-corrected chi connectivity index (χ2v) is 6.22. The number of carbonyl (C=O) groups is 1. The van der Waals surface area contributed by atoms with Crippen LogP contribution >= 0.6 is 0 Å². The van der Waals surface area contributed by atoms with Gasteiger partial charge >= 0.3 is 0 Å². The van der Waals surface area contributed by atoms with Crippen LogP contribution in [0, 0.1) is 10.1 Å². The van der Waals surface area contributed by atoms with Crippen molar-refractivity contribution in [2.24, 2.45) is 4.99 Å². The average molecular weight is 367 g/mol. The number of benzodiazepines with no additional fused rings is 1. The standard InChI is InChI=1S/C20H21N3O4/c1-2-3-12-27-18-7-4-15(5-8-18)20(24)22-11-10-21-14-16-13-17(23(25)26)6-9-19(16)22/h4-9,13-14H,2-3,10-12H2,1H3. The number of rotatable bonds is 6. The molecule has 0 radical (unpaired) electrons. The van der Waals surface area contributed by atoms with E-state index in [0.717, 1.165) is 18.6 Å². The molecule has 7 nitrogen and oxygen atoms in total. The maximum atomic E-state index is 13.0. The summed E-state index contributed by atoms with van der Waals surface area (Å²) in [7, 11) is 0. The number of nitro benzene ring substituents is 1. The molecule has 0 spiro atoms. The van der Waals surface area contributed by atoms with E-state index in [2.05, 4.69) is 11.9 Å². The molecule has 1 amide bonds. The van der Waals surface area contributed by atoms with Crippen molar-refractivity contribution in [3.05, 3.63) is 63.7 Å². The van der Waals surface area contributed by atoms with E-state index < -0.39 is 4.92 Å². The molecule has 27 heavy (non-hydrogen) atoms. The van der Waals surface area contributed by atoms with Gasteiger partial charge in [-0.25, -0.2) is 0 Å². The number of hydrogen-bond donors (Lipinski definition) is 0. The van der Waals surface area contributed by atoms with Crippen molar-refractivity contribution in [1.82, 2.24) is 0 Å². The highest BCUT2D eigenvalue weighted by Crippen LogP contribution is 2.27. The number of ether oxygens (including phenoxy) is 1. The molecular weight excluding hydrogens is 346 g/mol. The van der Waals surface area contributed by atoms with Gasteiger partial charge in [-0.1, -0.05) is 13.3 Å². The topological polar surface area (TPSA) is 85.0 Å². The monoisotopic (exact) mass is 367 g/mol.